The van der Waals surface area contributed by atoms with Crippen LogP contribution in [0.3, 0.4) is 0 Å². The van der Waals surface area contributed by atoms with Gasteiger partial charge in [0.1, 0.15) is 11.8 Å². The third-order valence-corrected chi connectivity index (χ3v) is 2.55. The molecule has 17 heavy (non-hydrogen) atoms. The summed E-state index contributed by atoms with van der Waals surface area (Å²) in [6.45, 7) is 1.88. The first kappa shape index (κ1) is 11.5. The Labute approximate surface area is 103 Å². The molecule has 1 heterocycles. The lowest BCUT2D eigenvalue weighted by atomic mass is 10.1. The predicted molar refractivity (Wildman–Crippen MR) is 63.0 cm³/mol. The summed E-state index contributed by atoms with van der Waals surface area (Å²) in [5.74, 6) is 1.12. The minimum absolute atomic E-state index is 0.222. The summed E-state index contributed by atoms with van der Waals surface area (Å²) in [6, 6.07) is 6.97. The highest BCUT2D eigenvalue weighted by atomic mass is 35.5. The highest BCUT2D eigenvalue weighted by Crippen LogP contribution is 2.35. The SMILES string of the molecule is COc1c(C)cc(Cl)cc1-c1cc(C#N)no1. The Hall–Kier alpha value is -1.99. The van der Waals surface area contributed by atoms with E-state index in [4.69, 9.17) is 26.1 Å². The van der Waals surface area contributed by atoms with Crippen molar-refractivity contribution in [1.29, 1.82) is 5.26 Å². The largest absolute Gasteiger partial charge is 0.496 e. The van der Waals surface area contributed by atoms with Gasteiger partial charge in [-0.25, -0.2) is 0 Å². The number of halogens is 1. The van der Waals surface area contributed by atoms with Crippen LogP contribution in [0.5, 0.6) is 5.75 Å². The zero-order valence-corrected chi connectivity index (χ0v) is 10.1. The van der Waals surface area contributed by atoms with Crippen LogP contribution in [0.4, 0.5) is 0 Å². The van der Waals surface area contributed by atoms with Gasteiger partial charge < -0.3 is 9.26 Å². The van der Waals surface area contributed by atoms with E-state index in [0.29, 0.717) is 22.1 Å². The number of aryl methyl sites for hydroxylation is 1. The summed E-state index contributed by atoms with van der Waals surface area (Å²) in [5, 5.41) is 12.9. The maximum absolute atomic E-state index is 8.70. The number of rotatable bonds is 2. The Balaban J connectivity index is 2.62. The molecule has 1 aromatic carbocycles. The Kier molecular flexibility index (Phi) is 3.03. The zero-order valence-electron chi connectivity index (χ0n) is 9.32. The van der Waals surface area contributed by atoms with Crippen LogP contribution in [0, 0.1) is 18.3 Å². The van der Waals surface area contributed by atoms with Crippen LogP contribution in [-0.4, -0.2) is 12.3 Å². The van der Waals surface area contributed by atoms with Gasteiger partial charge in [-0.05, 0) is 24.6 Å². The van der Waals surface area contributed by atoms with Gasteiger partial charge in [-0.1, -0.05) is 16.8 Å². The predicted octanol–water partition coefficient (Wildman–Crippen LogP) is 3.18. The molecule has 86 valence electrons. The van der Waals surface area contributed by atoms with Crippen LogP contribution in [0.15, 0.2) is 22.7 Å². The maximum atomic E-state index is 8.70. The molecule has 0 aliphatic rings. The van der Waals surface area contributed by atoms with Gasteiger partial charge in [-0.3, -0.25) is 0 Å². The lowest BCUT2D eigenvalue weighted by Crippen LogP contribution is -1.90. The molecule has 0 fully saturated rings. The molecular formula is C12H9ClN2O2. The monoisotopic (exact) mass is 248 g/mol. The molecule has 2 rings (SSSR count). The zero-order chi connectivity index (χ0) is 12.4. The Morgan fingerprint density at radius 3 is 2.76 bits per heavy atom. The maximum Gasteiger partial charge on any atom is 0.184 e. The topological polar surface area (TPSA) is 59.0 Å². The molecule has 4 nitrogen and oxygen atoms in total. The molecule has 0 saturated heterocycles. The lowest BCUT2D eigenvalue weighted by molar-refractivity contribution is 0.403. The molecule has 0 bridgehead atoms. The van der Waals surface area contributed by atoms with E-state index in [1.807, 2.05) is 13.0 Å². The van der Waals surface area contributed by atoms with E-state index in [2.05, 4.69) is 5.16 Å². The van der Waals surface area contributed by atoms with Crippen molar-refractivity contribution in [2.24, 2.45) is 0 Å². The number of hydrogen-bond donors (Lipinski definition) is 0. The van der Waals surface area contributed by atoms with Crippen molar-refractivity contribution in [3.8, 4) is 23.1 Å². The van der Waals surface area contributed by atoms with E-state index in [0.717, 1.165) is 5.56 Å². The van der Waals surface area contributed by atoms with Crippen LogP contribution >= 0.6 is 11.6 Å². The van der Waals surface area contributed by atoms with E-state index in [9.17, 15) is 0 Å². The Bertz CT molecular complexity index is 599. The van der Waals surface area contributed by atoms with E-state index in [1.165, 1.54) is 0 Å². The van der Waals surface area contributed by atoms with Crippen LogP contribution < -0.4 is 4.74 Å². The lowest BCUT2D eigenvalue weighted by Gasteiger charge is -2.09. The van der Waals surface area contributed by atoms with Crippen molar-refractivity contribution < 1.29 is 9.26 Å². The average Bonchev–Trinajstić information content (AvgIpc) is 2.76. The number of nitriles is 1. The van der Waals surface area contributed by atoms with Crippen LogP contribution in [0.2, 0.25) is 5.02 Å². The molecule has 1 aromatic heterocycles. The first-order valence-electron chi connectivity index (χ1n) is 4.87. The van der Waals surface area contributed by atoms with Crippen molar-refractivity contribution >= 4 is 11.6 Å². The van der Waals surface area contributed by atoms with Gasteiger partial charge in [-0.15, -0.1) is 0 Å². The molecule has 0 N–H and O–H groups in total. The third-order valence-electron chi connectivity index (χ3n) is 2.33. The Morgan fingerprint density at radius 2 is 2.18 bits per heavy atom. The van der Waals surface area contributed by atoms with E-state index >= 15 is 0 Å². The molecule has 5 heteroatoms. The third kappa shape index (κ3) is 2.10. The van der Waals surface area contributed by atoms with Gasteiger partial charge in [0.15, 0.2) is 11.5 Å². The van der Waals surface area contributed by atoms with Crippen molar-refractivity contribution in [2.75, 3.05) is 7.11 Å². The molecular weight excluding hydrogens is 240 g/mol. The second-order valence-electron chi connectivity index (χ2n) is 3.49. The molecule has 0 atom stereocenters. The molecule has 0 radical (unpaired) electrons. The number of methoxy groups -OCH3 is 1. The van der Waals surface area contributed by atoms with Gasteiger partial charge in [0.25, 0.3) is 0 Å². The molecule has 0 saturated carbocycles. The summed E-state index contributed by atoms with van der Waals surface area (Å²) < 4.78 is 10.4. The minimum Gasteiger partial charge on any atom is -0.496 e. The molecule has 0 aliphatic heterocycles. The fourth-order valence-corrected chi connectivity index (χ4v) is 1.91. The minimum atomic E-state index is 0.222. The van der Waals surface area contributed by atoms with Crippen LogP contribution in [-0.2, 0) is 0 Å². The van der Waals surface area contributed by atoms with Crippen LogP contribution in [0.1, 0.15) is 11.3 Å². The summed E-state index contributed by atoms with van der Waals surface area (Å²) >= 11 is 5.99. The number of benzene rings is 1. The number of hydrogen-bond acceptors (Lipinski definition) is 4. The van der Waals surface area contributed by atoms with Crippen molar-refractivity contribution in [3.63, 3.8) is 0 Å². The first-order valence-corrected chi connectivity index (χ1v) is 5.25. The van der Waals surface area contributed by atoms with Gasteiger partial charge in [0.2, 0.25) is 0 Å². The van der Waals surface area contributed by atoms with E-state index < -0.39 is 0 Å². The highest BCUT2D eigenvalue weighted by molar-refractivity contribution is 6.31. The van der Waals surface area contributed by atoms with Gasteiger partial charge in [0, 0.05) is 11.1 Å². The number of aromatic nitrogens is 1. The second kappa shape index (κ2) is 4.48. The van der Waals surface area contributed by atoms with Gasteiger partial charge >= 0.3 is 0 Å². The summed E-state index contributed by atoms with van der Waals surface area (Å²) in [6.07, 6.45) is 0. The molecule has 0 aliphatic carbocycles. The Morgan fingerprint density at radius 1 is 1.41 bits per heavy atom. The molecule has 0 amide bonds. The van der Waals surface area contributed by atoms with Gasteiger partial charge in [0.05, 0.1) is 12.7 Å². The van der Waals surface area contributed by atoms with E-state index in [1.54, 1.807) is 25.3 Å². The molecule has 2 aromatic rings. The van der Waals surface area contributed by atoms with Crippen LogP contribution in [0.25, 0.3) is 11.3 Å². The molecule has 0 spiro atoms. The van der Waals surface area contributed by atoms with Gasteiger partial charge in [-0.2, -0.15) is 5.26 Å². The first-order chi connectivity index (χ1) is 8.15. The quantitative estimate of drug-likeness (QED) is 0.819. The normalized spacial score (nSPS) is 10.0. The number of nitrogens with zero attached hydrogens (tertiary/aromatic N) is 2. The van der Waals surface area contributed by atoms with Crippen molar-refractivity contribution in [1.82, 2.24) is 5.16 Å². The summed E-state index contributed by atoms with van der Waals surface area (Å²) in [5.41, 5.74) is 1.80. The fourth-order valence-electron chi connectivity index (χ4n) is 1.64. The fraction of sp³-hybridized carbons (Fsp3) is 0.167. The number of ether oxygens (including phenoxy) is 1. The standard InChI is InChI=1S/C12H9ClN2O2/c1-7-3-8(13)4-10(12(7)16-2)11-5-9(6-14)15-17-11/h3-5H,1-2H3. The molecule has 0 unspecified atom stereocenters. The summed E-state index contributed by atoms with van der Waals surface area (Å²) in [7, 11) is 1.57. The highest BCUT2D eigenvalue weighted by Gasteiger charge is 2.14. The average molecular weight is 249 g/mol. The summed E-state index contributed by atoms with van der Waals surface area (Å²) in [4.78, 5) is 0. The van der Waals surface area contributed by atoms with Crippen molar-refractivity contribution in [2.45, 2.75) is 6.92 Å². The smallest absolute Gasteiger partial charge is 0.184 e. The van der Waals surface area contributed by atoms with E-state index in [-0.39, 0.29) is 5.69 Å². The van der Waals surface area contributed by atoms with Crippen molar-refractivity contribution in [3.05, 3.63) is 34.5 Å². The second-order valence-corrected chi connectivity index (χ2v) is 3.93.